The second kappa shape index (κ2) is 9.14. The minimum absolute atomic E-state index is 0.00499. The van der Waals surface area contributed by atoms with Gasteiger partial charge in [-0.05, 0) is 30.9 Å². The first-order chi connectivity index (χ1) is 15.4. The first-order valence-corrected chi connectivity index (χ1v) is 11.4. The zero-order valence-electron chi connectivity index (χ0n) is 19.1. The van der Waals surface area contributed by atoms with Gasteiger partial charge in [-0.2, -0.15) is 5.10 Å². The van der Waals surface area contributed by atoms with Gasteiger partial charge in [0.15, 0.2) is 5.69 Å². The van der Waals surface area contributed by atoms with Crippen LogP contribution in [0.5, 0.6) is 0 Å². The Morgan fingerprint density at radius 1 is 1.03 bits per heavy atom. The molecule has 0 aliphatic carbocycles. The van der Waals surface area contributed by atoms with E-state index in [2.05, 4.69) is 18.9 Å². The third-order valence-corrected chi connectivity index (χ3v) is 6.02. The fourth-order valence-corrected chi connectivity index (χ4v) is 4.38. The van der Waals surface area contributed by atoms with Crippen LogP contribution in [0, 0.1) is 5.92 Å². The average molecular weight is 438 g/mol. The molecule has 1 aliphatic heterocycles. The molecule has 8 nitrogen and oxygen atoms in total. The monoisotopic (exact) mass is 437 g/mol. The summed E-state index contributed by atoms with van der Waals surface area (Å²) in [6, 6.07) is 9.12. The molecule has 8 heteroatoms. The first-order valence-electron chi connectivity index (χ1n) is 11.4. The summed E-state index contributed by atoms with van der Waals surface area (Å²) in [5.41, 5.74) is 1.91. The molecule has 4 rings (SSSR count). The van der Waals surface area contributed by atoms with Crippen molar-refractivity contribution in [2.45, 2.75) is 46.1 Å². The summed E-state index contributed by atoms with van der Waals surface area (Å²) in [6.07, 6.45) is 4.29. The van der Waals surface area contributed by atoms with Crippen molar-refractivity contribution in [2.24, 2.45) is 5.92 Å². The number of amides is 2. The highest BCUT2D eigenvalue weighted by Gasteiger charge is 2.23. The molecule has 0 radical (unpaired) electrons. The van der Waals surface area contributed by atoms with Gasteiger partial charge in [0.05, 0.1) is 17.6 Å². The van der Waals surface area contributed by atoms with Gasteiger partial charge in [-0.1, -0.05) is 38.8 Å². The molecule has 0 saturated carbocycles. The van der Waals surface area contributed by atoms with Crippen molar-refractivity contribution in [3.8, 4) is 0 Å². The lowest BCUT2D eigenvalue weighted by molar-refractivity contribution is -0.131. The maximum Gasteiger partial charge on any atom is 0.277 e. The number of rotatable bonds is 5. The van der Waals surface area contributed by atoms with Gasteiger partial charge in [0.2, 0.25) is 5.91 Å². The smallest absolute Gasteiger partial charge is 0.277 e. The second-order valence-electron chi connectivity index (χ2n) is 9.08. The number of hydrogen-bond acceptors (Lipinski definition) is 4. The molecule has 170 valence electrons. The van der Waals surface area contributed by atoms with Gasteiger partial charge in [-0.25, -0.2) is 4.52 Å². The standard InChI is InChI=1S/C24H31N5O3/c1-17(2)15-28-19-10-6-7-11-20(19)29-21(24(28)32)14-18(25-29)23(31)26(3)16-22(30)27-12-8-4-5-9-13-27/h6-7,10-11,14,17H,4-5,8-9,12-13,15-16H2,1-3H3. The predicted molar refractivity (Wildman–Crippen MR) is 124 cm³/mol. The number of para-hydroxylation sites is 2. The fourth-order valence-electron chi connectivity index (χ4n) is 4.38. The lowest BCUT2D eigenvalue weighted by Crippen LogP contribution is -2.41. The van der Waals surface area contributed by atoms with Crippen LogP contribution in [-0.2, 0) is 11.3 Å². The highest BCUT2D eigenvalue weighted by molar-refractivity contribution is 5.96. The minimum Gasteiger partial charge on any atom is -0.341 e. The zero-order chi connectivity index (χ0) is 22.8. The number of hydrogen-bond donors (Lipinski definition) is 0. The predicted octanol–water partition coefficient (Wildman–Crippen LogP) is 2.78. The van der Waals surface area contributed by atoms with Crippen LogP contribution in [0.1, 0.15) is 50.0 Å². The summed E-state index contributed by atoms with van der Waals surface area (Å²) in [4.78, 5) is 42.2. The molecule has 1 aliphatic rings. The van der Waals surface area contributed by atoms with E-state index in [9.17, 15) is 14.4 Å². The van der Waals surface area contributed by atoms with Crippen LogP contribution in [0.25, 0.3) is 16.6 Å². The fraction of sp³-hybridized carbons (Fsp3) is 0.500. The Bertz CT molecular complexity index is 1200. The molecular weight excluding hydrogens is 406 g/mol. The quantitative estimate of drug-likeness (QED) is 0.615. The summed E-state index contributed by atoms with van der Waals surface area (Å²) in [7, 11) is 1.61. The summed E-state index contributed by atoms with van der Waals surface area (Å²) >= 11 is 0. The van der Waals surface area contributed by atoms with E-state index in [4.69, 9.17) is 0 Å². The van der Waals surface area contributed by atoms with Gasteiger partial charge in [0, 0.05) is 32.7 Å². The number of likely N-dealkylation sites (N-methyl/N-ethyl adjacent to an activating group) is 1. The Balaban J connectivity index is 1.65. The van der Waals surface area contributed by atoms with Crippen LogP contribution in [0.2, 0.25) is 0 Å². The van der Waals surface area contributed by atoms with Crippen LogP contribution in [0.3, 0.4) is 0 Å². The highest BCUT2D eigenvalue weighted by Crippen LogP contribution is 2.17. The molecule has 0 N–H and O–H groups in total. The van der Waals surface area contributed by atoms with Gasteiger partial charge < -0.3 is 14.4 Å². The van der Waals surface area contributed by atoms with E-state index in [0.717, 1.165) is 49.8 Å². The summed E-state index contributed by atoms with van der Waals surface area (Å²) < 4.78 is 3.30. The van der Waals surface area contributed by atoms with E-state index in [1.165, 1.54) is 4.90 Å². The lowest BCUT2D eigenvalue weighted by Gasteiger charge is -2.23. The normalized spacial score (nSPS) is 14.8. The minimum atomic E-state index is -0.365. The Morgan fingerprint density at radius 2 is 1.69 bits per heavy atom. The van der Waals surface area contributed by atoms with Crippen LogP contribution in [-0.4, -0.2) is 62.5 Å². The molecule has 1 fully saturated rings. The Hall–Kier alpha value is -3.16. The van der Waals surface area contributed by atoms with Gasteiger partial charge >= 0.3 is 0 Å². The van der Waals surface area contributed by atoms with Crippen molar-refractivity contribution in [1.82, 2.24) is 24.0 Å². The summed E-state index contributed by atoms with van der Waals surface area (Å²) in [6.45, 7) is 6.20. The number of carbonyl (C=O) groups is 2. The largest absolute Gasteiger partial charge is 0.341 e. The van der Waals surface area contributed by atoms with Crippen molar-refractivity contribution >= 4 is 28.4 Å². The molecule has 0 spiro atoms. The maximum absolute atomic E-state index is 13.2. The summed E-state index contributed by atoms with van der Waals surface area (Å²) in [5, 5.41) is 4.46. The van der Waals surface area contributed by atoms with E-state index in [1.807, 2.05) is 29.2 Å². The van der Waals surface area contributed by atoms with Crippen molar-refractivity contribution in [2.75, 3.05) is 26.7 Å². The Kier molecular flexibility index (Phi) is 6.30. The second-order valence-corrected chi connectivity index (χ2v) is 9.08. The van der Waals surface area contributed by atoms with Crippen LogP contribution in [0.15, 0.2) is 35.1 Å². The van der Waals surface area contributed by atoms with Gasteiger partial charge in [0.25, 0.3) is 11.5 Å². The van der Waals surface area contributed by atoms with E-state index in [0.29, 0.717) is 18.0 Å². The van der Waals surface area contributed by atoms with E-state index < -0.39 is 0 Å². The third-order valence-electron chi connectivity index (χ3n) is 6.02. The van der Waals surface area contributed by atoms with Crippen LogP contribution in [0.4, 0.5) is 0 Å². The molecule has 0 unspecified atom stereocenters. The van der Waals surface area contributed by atoms with Gasteiger partial charge in [-0.15, -0.1) is 0 Å². The zero-order valence-corrected chi connectivity index (χ0v) is 19.1. The molecule has 32 heavy (non-hydrogen) atoms. The number of carbonyl (C=O) groups excluding carboxylic acids is 2. The molecule has 2 aromatic heterocycles. The molecule has 0 bridgehead atoms. The molecule has 1 aromatic carbocycles. The Morgan fingerprint density at radius 3 is 2.34 bits per heavy atom. The average Bonchev–Trinajstić information content (AvgIpc) is 3.04. The molecule has 3 heterocycles. The molecule has 2 amide bonds. The molecule has 0 atom stereocenters. The topological polar surface area (TPSA) is 79.9 Å². The Labute approximate surface area is 187 Å². The summed E-state index contributed by atoms with van der Waals surface area (Å²) in [5.74, 6) is -0.120. The maximum atomic E-state index is 13.2. The van der Waals surface area contributed by atoms with Crippen molar-refractivity contribution in [3.05, 3.63) is 46.4 Å². The van der Waals surface area contributed by atoms with E-state index >= 15 is 0 Å². The van der Waals surface area contributed by atoms with Crippen molar-refractivity contribution < 1.29 is 9.59 Å². The molecular formula is C24H31N5O3. The number of nitrogens with zero attached hydrogens (tertiary/aromatic N) is 5. The van der Waals surface area contributed by atoms with Crippen molar-refractivity contribution in [3.63, 3.8) is 0 Å². The third kappa shape index (κ3) is 4.26. The van der Waals surface area contributed by atoms with Gasteiger partial charge in [-0.3, -0.25) is 14.4 Å². The van der Waals surface area contributed by atoms with Crippen molar-refractivity contribution in [1.29, 1.82) is 0 Å². The number of aromatic nitrogens is 3. The number of likely N-dealkylation sites (tertiary alicyclic amines) is 1. The number of fused-ring (bicyclic) bond motifs is 3. The lowest BCUT2D eigenvalue weighted by atomic mass is 10.2. The molecule has 3 aromatic rings. The van der Waals surface area contributed by atoms with Crippen LogP contribution >= 0.6 is 0 Å². The number of benzene rings is 1. The highest BCUT2D eigenvalue weighted by atomic mass is 16.2. The van der Waals surface area contributed by atoms with Gasteiger partial charge in [0.1, 0.15) is 5.52 Å². The van der Waals surface area contributed by atoms with Crippen LogP contribution < -0.4 is 5.56 Å². The van der Waals surface area contributed by atoms with E-state index in [-0.39, 0.29) is 29.6 Å². The van der Waals surface area contributed by atoms with E-state index in [1.54, 1.807) is 22.2 Å². The first kappa shape index (κ1) is 22.0. The molecule has 1 saturated heterocycles. The SMILES string of the molecule is CC(C)Cn1c(=O)c2cc(C(=O)N(C)CC(=O)N3CCCCCC3)nn2c2ccccc21.